The van der Waals surface area contributed by atoms with E-state index in [-0.39, 0.29) is 23.4 Å². The van der Waals surface area contributed by atoms with Crippen molar-refractivity contribution in [2.45, 2.75) is 26.7 Å². The molecule has 1 aliphatic carbocycles. The minimum atomic E-state index is -1.02. The monoisotopic (exact) mass is 310 g/mol. The number of rotatable bonds is 6. The molecule has 120 valence electrons. The summed E-state index contributed by atoms with van der Waals surface area (Å²) < 4.78 is 25.9. The number of nitrogens with one attached hydrogen (secondary N) is 2. The van der Waals surface area contributed by atoms with Gasteiger partial charge in [-0.05, 0) is 30.9 Å². The molecule has 2 unspecified atom stereocenters. The first-order valence-electron chi connectivity index (χ1n) is 7.42. The van der Waals surface area contributed by atoms with E-state index in [1.807, 2.05) is 0 Å². The number of hydrogen-bond donors (Lipinski definition) is 2. The van der Waals surface area contributed by atoms with Gasteiger partial charge in [0.25, 0.3) is 0 Å². The smallest absolute Gasteiger partial charge is 0.228 e. The van der Waals surface area contributed by atoms with Crippen molar-refractivity contribution < 1.29 is 18.4 Å². The van der Waals surface area contributed by atoms with Crippen molar-refractivity contribution in [1.29, 1.82) is 0 Å². The quantitative estimate of drug-likeness (QED) is 0.849. The zero-order valence-electron chi connectivity index (χ0n) is 12.7. The predicted octanol–water partition coefficient (Wildman–Crippen LogP) is 2.70. The average Bonchev–Trinajstić information content (AvgIpc) is 3.23. The summed E-state index contributed by atoms with van der Waals surface area (Å²) >= 11 is 0. The molecule has 1 saturated carbocycles. The third-order valence-corrected chi connectivity index (χ3v) is 3.67. The highest BCUT2D eigenvalue weighted by molar-refractivity contribution is 5.99. The normalized spacial score (nSPS) is 19.9. The standard InChI is InChI=1S/C16H20F2N2O2/c1-9(2)5-6-19-15(21)11-8-12(11)16(22)20-10-3-4-13(17)14(18)7-10/h3-4,7,9,11-12H,5-6,8H2,1-2H3,(H,19,21)(H,20,22). The van der Waals surface area contributed by atoms with Crippen LogP contribution in [0.2, 0.25) is 0 Å². The Morgan fingerprint density at radius 3 is 2.50 bits per heavy atom. The molecule has 4 nitrogen and oxygen atoms in total. The maximum absolute atomic E-state index is 13.1. The largest absolute Gasteiger partial charge is 0.356 e. The summed E-state index contributed by atoms with van der Waals surface area (Å²) in [5.74, 6) is -2.65. The van der Waals surface area contributed by atoms with Gasteiger partial charge in [0, 0.05) is 18.3 Å². The van der Waals surface area contributed by atoms with Crippen LogP contribution in [0.25, 0.3) is 0 Å². The molecule has 6 heteroatoms. The number of carbonyl (C=O) groups excluding carboxylic acids is 2. The van der Waals surface area contributed by atoms with Crippen LogP contribution < -0.4 is 10.6 Å². The first-order chi connectivity index (χ1) is 10.4. The summed E-state index contributed by atoms with van der Waals surface area (Å²) in [6, 6.07) is 3.16. The van der Waals surface area contributed by atoms with E-state index in [0.29, 0.717) is 18.9 Å². The van der Waals surface area contributed by atoms with Gasteiger partial charge in [-0.2, -0.15) is 0 Å². The highest BCUT2D eigenvalue weighted by Crippen LogP contribution is 2.39. The molecule has 0 spiro atoms. The molecule has 0 aliphatic heterocycles. The van der Waals surface area contributed by atoms with Crippen LogP contribution in [0, 0.1) is 29.4 Å². The van der Waals surface area contributed by atoms with Crippen molar-refractivity contribution in [2.24, 2.45) is 17.8 Å². The van der Waals surface area contributed by atoms with Crippen molar-refractivity contribution in [3.05, 3.63) is 29.8 Å². The van der Waals surface area contributed by atoms with Gasteiger partial charge in [0.1, 0.15) is 0 Å². The zero-order valence-corrected chi connectivity index (χ0v) is 12.7. The lowest BCUT2D eigenvalue weighted by atomic mass is 10.1. The van der Waals surface area contributed by atoms with Crippen molar-refractivity contribution in [3.63, 3.8) is 0 Å². The molecule has 0 saturated heterocycles. The Hall–Kier alpha value is -1.98. The van der Waals surface area contributed by atoms with Gasteiger partial charge >= 0.3 is 0 Å². The number of halogens is 2. The molecule has 22 heavy (non-hydrogen) atoms. The maximum Gasteiger partial charge on any atom is 0.228 e. The Kier molecular flexibility index (Phi) is 5.11. The first-order valence-corrected chi connectivity index (χ1v) is 7.42. The van der Waals surface area contributed by atoms with Crippen LogP contribution in [0.1, 0.15) is 26.7 Å². The second-order valence-corrected chi connectivity index (χ2v) is 6.04. The molecule has 0 radical (unpaired) electrons. The highest BCUT2D eigenvalue weighted by atomic mass is 19.2. The molecule has 2 amide bonds. The molecule has 1 aromatic carbocycles. The minimum absolute atomic E-state index is 0.119. The lowest BCUT2D eigenvalue weighted by Gasteiger charge is -2.07. The Bertz CT molecular complexity index is 575. The number of hydrogen-bond acceptors (Lipinski definition) is 2. The topological polar surface area (TPSA) is 58.2 Å². The van der Waals surface area contributed by atoms with Crippen molar-refractivity contribution >= 4 is 17.5 Å². The van der Waals surface area contributed by atoms with Crippen LogP contribution in [-0.4, -0.2) is 18.4 Å². The van der Waals surface area contributed by atoms with Crippen LogP contribution in [0.4, 0.5) is 14.5 Å². The second kappa shape index (κ2) is 6.85. The average molecular weight is 310 g/mol. The fourth-order valence-corrected chi connectivity index (χ4v) is 2.20. The van der Waals surface area contributed by atoms with Crippen LogP contribution >= 0.6 is 0 Å². The SMILES string of the molecule is CC(C)CCNC(=O)C1CC1C(=O)Nc1ccc(F)c(F)c1. The number of anilines is 1. The van der Waals surface area contributed by atoms with Crippen LogP contribution in [0.3, 0.4) is 0 Å². The fraction of sp³-hybridized carbons (Fsp3) is 0.500. The minimum Gasteiger partial charge on any atom is -0.356 e. The molecule has 0 bridgehead atoms. The van der Waals surface area contributed by atoms with Crippen LogP contribution in [0.15, 0.2) is 18.2 Å². The van der Waals surface area contributed by atoms with Crippen LogP contribution in [0.5, 0.6) is 0 Å². The van der Waals surface area contributed by atoms with E-state index >= 15 is 0 Å². The molecule has 2 N–H and O–H groups in total. The lowest BCUT2D eigenvalue weighted by molar-refractivity contribution is -0.125. The van der Waals surface area contributed by atoms with Crippen molar-refractivity contribution in [3.8, 4) is 0 Å². The van der Waals surface area contributed by atoms with Gasteiger partial charge in [-0.25, -0.2) is 8.78 Å². The molecule has 1 fully saturated rings. The Balaban J connectivity index is 1.80. The van der Waals surface area contributed by atoms with Crippen LogP contribution in [-0.2, 0) is 9.59 Å². The number of carbonyl (C=O) groups is 2. The molecule has 2 atom stereocenters. The summed E-state index contributed by atoms with van der Waals surface area (Å²) in [5, 5.41) is 5.32. The van der Waals surface area contributed by atoms with Gasteiger partial charge in [-0.3, -0.25) is 9.59 Å². The van der Waals surface area contributed by atoms with Gasteiger partial charge in [0.15, 0.2) is 11.6 Å². The summed E-state index contributed by atoms with van der Waals surface area (Å²) in [5.41, 5.74) is 0.190. The van der Waals surface area contributed by atoms with Gasteiger partial charge in [0.05, 0.1) is 11.8 Å². The lowest BCUT2D eigenvalue weighted by Crippen LogP contribution is -2.28. The Labute approximate surface area is 128 Å². The van der Waals surface area contributed by atoms with E-state index in [9.17, 15) is 18.4 Å². The molecule has 1 aliphatic rings. The fourth-order valence-electron chi connectivity index (χ4n) is 2.20. The van der Waals surface area contributed by atoms with E-state index < -0.39 is 17.6 Å². The van der Waals surface area contributed by atoms with E-state index in [4.69, 9.17) is 0 Å². The molecular weight excluding hydrogens is 290 g/mol. The number of amides is 2. The third kappa shape index (κ3) is 4.26. The van der Waals surface area contributed by atoms with Crippen molar-refractivity contribution in [2.75, 3.05) is 11.9 Å². The van der Waals surface area contributed by atoms with Gasteiger partial charge < -0.3 is 10.6 Å². The number of benzene rings is 1. The van der Waals surface area contributed by atoms with E-state index in [1.54, 1.807) is 0 Å². The zero-order chi connectivity index (χ0) is 16.3. The third-order valence-electron chi connectivity index (χ3n) is 3.67. The molecule has 1 aromatic rings. The first kappa shape index (κ1) is 16.4. The van der Waals surface area contributed by atoms with Crippen molar-refractivity contribution in [1.82, 2.24) is 5.32 Å². The Morgan fingerprint density at radius 2 is 1.86 bits per heavy atom. The summed E-state index contributed by atoms with van der Waals surface area (Å²) in [4.78, 5) is 23.8. The summed E-state index contributed by atoms with van der Waals surface area (Å²) in [7, 11) is 0. The summed E-state index contributed by atoms with van der Waals surface area (Å²) in [6.45, 7) is 4.74. The van der Waals surface area contributed by atoms with Gasteiger partial charge in [-0.15, -0.1) is 0 Å². The van der Waals surface area contributed by atoms with E-state index in [1.165, 1.54) is 6.07 Å². The highest BCUT2D eigenvalue weighted by Gasteiger charge is 2.47. The van der Waals surface area contributed by atoms with E-state index in [0.717, 1.165) is 18.6 Å². The molecule has 2 rings (SSSR count). The van der Waals surface area contributed by atoms with Gasteiger partial charge in [0.2, 0.25) is 11.8 Å². The summed E-state index contributed by atoms with van der Waals surface area (Å²) in [6.07, 6.45) is 1.38. The van der Waals surface area contributed by atoms with E-state index in [2.05, 4.69) is 24.5 Å². The molecule has 0 heterocycles. The maximum atomic E-state index is 13.1. The van der Waals surface area contributed by atoms with Gasteiger partial charge in [-0.1, -0.05) is 13.8 Å². The molecular formula is C16H20F2N2O2. The predicted molar refractivity (Wildman–Crippen MR) is 79.0 cm³/mol. The second-order valence-electron chi connectivity index (χ2n) is 6.04. The molecule has 0 aromatic heterocycles. The Morgan fingerprint density at radius 1 is 1.18 bits per heavy atom.